The maximum absolute atomic E-state index is 12.6. The maximum Gasteiger partial charge on any atom is 0.222 e. The van der Waals surface area contributed by atoms with Crippen LogP contribution in [-0.2, 0) is 9.59 Å². The number of likely N-dealkylation sites (tertiary alicyclic amines) is 3. The molecule has 25 heavy (non-hydrogen) atoms. The number of amides is 2. The highest BCUT2D eigenvalue weighted by molar-refractivity contribution is 5.78. The lowest BCUT2D eigenvalue weighted by Gasteiger charge is -2.47. The largest absolute Gasteiger partial charge is 0.342 e. The molecule has 2 unspecified atom stereocenters. The molecule has 3 rings (SSSR count). The lowest BCUT2D eigenvalue weighted by atomic mass is 9.83. The number of carbonyl (C=O) groups excluding carboxylic acids is 2. The number of nitrogens with zero attached hydrogens (tertiary/aromatic N) is 3. The summed E-state index contributed by atoms with van der Waals surface area (Å²) in [5.41, 5.74) is 0. The summed E-state index contributed by atoms with van der Waals surface area (Å²) in [6, 6.07) is 0.336. The molecule has 142 valence electrons. The Bertz CT molecular complexity index is 464. The van der Waals surface area contributed by atoms with Gasteiger partial charge in [-0.05, 0) is 64.7 Å². The van der Waals surface area contributed by atoms with Crippen molar-refractivity contribution in [3.63, 3.8) is 0 Å². The van der Waals surface area contributed by atoms with E-state index in [1.165, 1.54) is 25.9 Å². The fourth-order valence-corrected chi connectivity index (χ4v) is 4.72. The first kappa shape index (κ1) is 18.6. The van der Waals surface area contributed by atoms with Crippen LogP contribution in [0.25, 0.3) is 0 Å². The average Bonchev–Trinajstić information content (AvgIpc) is 3.14. The van der Waals surface area contributed by atoms with Crippen LogP contribution >= 0.6 is 0 Å². The van der Waals surface area contributed by atoms with Gasteiger partial charge in [-0.2, -0.15) is 0 Å². The molecule has 0 aromatic rings. The number of likely N-dealkylation sites (N-methyl/N-ethyl adjacent to an activating group) is 1. The zero-order chi connectivity index (χ0) is 17.6. The zero-order valence-electron chi connectivity index (χ0n) is 15.7. The lowest BCUT2D eigenvalue weighted by molar-refractivity contribution is -0.144. The van der Waals surface area contributed by atoms with Gasteiger partial charge in [-0.1, -0.05) is 0 Å². The number of nitrogens with one attached hydrogen (secondary N) is 1. The minimum atomic E-state index is 0.293. The van der Waals surface area contributed by atoms with E-state index in [1.807, 2.05) is 7.05 Å². The van der Waals surface area contributed by atoms with Crippen molar-refractivity contribution in [1.29, 1.82) is 0 Å². The Morgan fingerprint density at radius 2 is 1.96 bits per heavy atom. The van der Waals surface area contributed by atoms with E-state index >= 15 is 0 Å². The summed E-state index contributed by atoms with van der Waals surface area (Å²) in [4.78, 5) is 31.4. The van der Waals surface area contributed by atoms with Crippen LogP contribution in [0.5, 0.6) is 0 Å². The van der Waals surface area contributed by atoms with Gasteiger partial charge in [0.25, 0.3) is 0 Å². The maximum atomic E-state index is 12.6. The molecule has 6 nitrogen and oxygen atoms in total. The molecular weight excluding hydrogens is 316 g/mol. The molecule has 0 saturated carbocycles. The Morgan fingerprint density at radius 3 is 2.72 bits per heavy atom. The van der Waals surface area contributed by atoms with Crippen molar-refractivity contribution in [2.75, 3.05) is 52.9 Å². The van der Waals surface area contributed by atoms with Crippen LogP contribution in [0.4, 0.5) is 0 Å². The van der Waals surface area contributed by atoms with E-state index in [-0.39, 0.29) is 0 Å². The summed E-state index contributed by atoms with van der Waals surface area (Å²) in [5, 5.41) is 3.14. The average molecular weight is 351 g/mol. The van der Waals surface area contributed by atoms with Gasteiger partial charge in [0, 0.05) is 45.1 Å². The van der Waals surface area contributed by atoms with Crippen LogP contribution in [-0.4, -0.2) is 85.4 Å². The van der Waals surface area contributed by atoms with Crippen molar-refractivity contribution in [3.05, 3.63) is 0 Å². The van der Waals surface area contributed by atoms with E-state index in [2.05, 4.69) is 20.0 Å². The predicted molar refractivity (Wildman–Crippen MR) is 98.3 cm³/mol. The normalized spacial score (nSPS) is 27.6. The molecule has 0 aliphatic carbocycles. The highest BCUT2D eigenvalue weighted by Crippen LogP contribution is 2.31. The molecule has 3 aliphatic heterocycles. The van der Waals surface area contributed by atoms with Gasteiger partial charge in [0.05, 0.1) is 0 Å². The zero-order valence-corrected chi connectivity index (χ0v) is 15.7. The van der Waals surface area contributed by atoms with Crippen molar-refractivity contribution in [1.82, 2.24) is 20.0 Å². The van der Waals surface area contributed by atoms with Gasteiger partial charge >= 0.3 is 0 Å². The highest BCUT2D eigenvalue weighted by Gasteiger charge is 2.39. The van der Waals surface area contributed by atoms with E-state index < -0.39 is 0 Å². The third-order valence-corrected chi connectivity index (χ3v) is 6.16. The van der Waals surface area contributed by atoms with Crippen molar-refractivity contribution in [2.24, 2.45) is 5.92 Å². The first-order chi connectivity index (χ1) is 12.2. The van der Waals surface area contributed by atoms with E-state index in [1.54, 1.807) is 0 Å². The number of carbonyl (C=O) groups is 2. The van der Waals surface area contributed by atoms with Crippen LogP contribution in [0.1, 0.15) is 44.9 Å². The fourth-order valence-electron chi connectivity index (χ4n) is 4.72. The number of hydrogen-bond acceptors (Lipinski definition) is 4. The summed E-state index contributed by atoms with van der Waals surface area (Å²) in [6.45, 7) is 6.77. The molecule has 3 aliphatic rings. The second-order valence-corrected chi connectivity index (χ2v) is 7.84. The van der Waals surface area contributed by atoms with Crippen LogP contribution in [0.2, 0.25) is 0 Å². The number of hydrogen-bond donors (Lipinski definition) is 1. The van der Waals surface area contributed by atoms with Crippen molar-refractivity contribution < 1.29 is 9.59 Å². The van der Waals surface area contributed by atoms with Crippen molar-refractivity contribution >= 4 is 11.8 Å². The molecule has 0 spiro atoms. The van der Waals surface area contributed by atoms with Gasteiger partial charge in [0.1, 0.15) is 0 Å². The molecule has 3 saturated heterocycles. The van der Waals surface area contributed by atoms with Crippen molar-refractivity contribution in [2.45, 2.75) is 51.0 Å². The second-order valence-electron chi connectivity index (χ2n) is 7.84. The molecule has 3 fully saturated rings. The third kappa shape index (κ3) is 4.73. The Balaban J connectivity index is 1.45. The summed E-state index contributed by atoms with van der Waals surface area (Å²) in [6.07, 6.45) is 6.81. The van der Waals surface area contributed by atoms with Crippen molar-refractivity contribution in [3.8, 4) is 0 Å². The van der Waals surface area contributed by atoms with Crippen LogP contribution in [0.15, 0.2) is 0 Å². The van der Waals surface area contributed by atoms with Gasteiger partial charge < -0.3 is 20.0 Å². The van der Waals surface area contributed by atoms with Gasteiger partial charge in [-0.25, -0.2) is 0 Å². The summed E-state index contributed by atoms with van der Waals surface area (Å²) < 4.78 is 0. The van der Waals surface area contributed by atoms with Gasteiger partial charge in [0.2, 0.25) is 11.8 Å². The smallest absolute Gasteiger partial charge is 0.222 e. The molecule has 6 heteroatoms. The Hall–Kier alpha value is -1.14. The first-order valence-corrected chi connectivity index (χ1v) is 10.1. The molecule has 2 amide bonds. The number of piperidine rings is 2. The number of rotatable bonds is 7. The second kappa shape index (κ2) is 8.99. The van der Waals surface area contributed by atoms with E-state index in [0.717, 1.165) is 52.0 Å². The lowest BCUT2D eigenvalue weighted by Crippen LogP contribution is -2.57. The first-order valence-electron chi connectivity index (χ1n) is 10.1. The Morgan fingerprint density at radius 1 is 1.16 bits per heavy atom. The van der Waals surface area contributed by atoms with Crippen LogP contribution < -0.4 is 5.32 Å². The molecular formula is C19H34N4O2. The molecule has 0 radical (unpaired) electrons. The molecule has 1 N–H and O–H groups in total. The SMILES string of the molecule is CNCCN1C(=O)CCC2CN(C(=O)CCCN3CCCC3)CCC21. The van der Waals surface area contributed by atoms with Crippen LogP contribution in [0.3, 0.4) is 0 Å². The Labute approximate surface area is 151 Å². The van der Waals surface area contributed by atoms with Gasteiger partial charge in [-0.3, -0.25) is 9.59 Å². The molecule has 2 atom stereocenters. The van der Waals surface area contributed by atoms with E-state index in [4.69, 9.17) is 0 Å². The molecule has 0 aromatic carbocycles. The predicted octanol–water partition coefficient (Wildman–Crippen LogP) is 0.921. The minimum Gasteiger partial charge on any atom is -0.342 e. The van der Waals surface area contributed by atoms with E-state index in [0.29, 0.717) is 36.6 Å². The fraction of sp³-hybridized carbons (Fsp3) is 0.895. The minimum absolute atomic E-state index is 0.293. The molecule has 3 heterocycles. The third-order valence-electron chi connectivity index (χ3n) is 6.16. The monoisotopic (exact) mass is 350 g/mol. The molecule has 0 bridgehead atoms. The quantitative estimate of drug-likeness (QED) is 0.742. The summed E-state index contributed by atoms with van der Waals surface area (Å²) >= 11 is 0. The summed E-state index contributed by atoms with van der Waals surface area (Å²) in [5.74, 6) is 1.07. The number of fused-ring (bicyclic) bond motifs is 1. The summed E-state index contributed by atoms with van der Waals surface area (Å²) in [7, 11) is 1.93. The highest BCUT2D eigenvalue weighted by atomic mass is 16.2. The molecule has 0 aromatic heterocycles. The van der Waals surface area contributed by atoms with E-state index in [9.17, 15) is 9.59 Å². The Kier molecular flexibility index (Phi) is 6.70. The van der Waals surface area contributed by atoms with Crippen LogP contribution in [0, 0.1) is 5.92 Å². The van der Waals surface area contributed by atoms with Gasteiger partial charge in [0.15, 0.2) is 0 Å². The van der Waals surface area contributed by atoms with Gasteiger partial charge in [-0.15, -0.1) is 0 Å². The standard InChI is InChI=1S/C19H34N4O2/c1-20-9-14-23-17-8-13-22(15-16(17)6-7-19(23)25)18(24)5-4-12-21-10-2-3-11-21/h16-17,20H,2-15H2,1H3. The topological polar surface area (TPSA) is 55.9 Å².